The van der Waals surface area contributed by atoms with E-state index in [9.17, 15) is 14.0 Å². The first kappa shape index (κ1) is 17.0. The van der Waals surface area contributed by atoms with Gasteiger partial charge in [0, 0.05) is 20.6 Å². The molecular formula is C19H20FN3O2. The van der Waals surface area contributed by atoms with Crippen molar-refractivity contribution in [3.05, 3.63) is 69.9 Å². The Balaban J connectivity index is 1.61. The molecule has 0 unspecified atom stereocenters. The van der Waals surface area contributed by atoms with Crippen LogP contribution in [0.5, 0.6) is 0 Å². The van der Waals surface area contributed by atoms with E-state index in [0.29, 0.717) is 18.5 Å². The number of imidazole rings is 1. The highest BCUT2D eigenvalue weighted by molar-refractivity contribution is 5.79. The lowest BCUT2D eigenvalue weighted by atomic mass is 10.1. The number of hydrogen-bond donors (Lipinski definition) is 1. The van der Waals surface area contributed by atoms with E-state index in [-0.39, 0.29) is 23.8 Å². The molecule has 0 atom stereocenters. The fourth-order valence-corrected chi connectivity index (χ4v) is 2.93. The van der Waals surface area contributed by atoms with E-state index in [1.807, 2.05) is 18.2 Å². The van der Waals surface area contributed by atoms with Gasteiger partial charge in [-0.3, -0.25) is 13.9 Å². The molecule has 1 amide bonds. The van der Waals surface area contributed by atoms with Crippen molar-refractivity contribution < 1.29 is 9.18 Å². The number of nitrogens with one attached hydrogen (secondary N) is 1. The van der Waals surface area contributed by atoms with Gasteiger partial charge in [0.15, 0.2) is 0 Å². The second-order valence-corrected chi connectivity index (χ2v) is 6.09. The number of amides is 1. The molecule has 0 aliphatic rings. The van der Waals surface area contributed by atoms with E-state index >= 15 is 0 Å². The Labute approximate surface area is 144 Å². The molecule has 6 heteroatoms. The number of fused-ring (bicyclic) bond motifs is 1. The summed E-state index contributed by atoms with van der Waals surface area (Å²) in [6.07, 6.45) is 0.668. The standard InChI is InChI=1S/C19H20FN3O2/c1-22-16-8-7-13(11-17(16)23(2)19(22)25)9-10-21-18(24)12-14-5-3-4-6-15(14)20/h3-8,11H,9-10,12H2,1-2H3,(H,21,24). The summed E-state index contributed by atoms with van der Waals surface area (Å²) >= 11 is 0. The highest BCUT2D eigenvalue weighted by Gasteiger charge is 2.09. The number of aromatic nitrogens is 2. The van der Waals surface area contributed by atoms with Gasteiger partial charge in [-0.05, 0) is 35.7 Å². The van der Waals surface area contributed by atoms with E-state index < -0.39 is 0 Å². The molecule has 0 aliphatic carbocycles. The van der Waals surface area contributed by atoms with Crippen molar-refractivity contribution in [2.45, 2.75) is 12.8 Å². The minimum Gasteiger partial charge on any atom is -0.355 e. The highest BCUT2D eigenvalue weighted by Crippen LogP contribution is 2.14. The highest BCUT2D eigenvalue weighted by atomic mass is 19.1. The fraction of sp³-hybridized carbons (Fsp3) is 0.263. The lowest BCUT2D eigenvalue weighted by Crippen LogP contribution is -2.27. The molecular weight excluding hydrogens is 321 g/mol. The van der Waals surface area contributed by atoms with Gasteiger partial charge in [0.25, 0.3) is 0 Å². The van der Waals surface area contributed by atoms with Crippen LogP contribution in [0.15, 0.2) is 47.3 Å². The lowest BCUT2D eigenvalue weighted by molar-refractivity contribution is -0.120. The van der Waals surface area contributed by atoms with Gasteiger partial charge in [-0.2, -0.15) is 0 Å². The van der Waals surface area contributed by atoms with E-state index in [2.05, 4.69) is 5.32 Å². The third-order valence-corrected chi connectivity index (χ3v) is 4.38. The van der Waals surface area contributed by atoms with Crippen molar-refractivity contribution in [1.82, 2.24) is 14.5 Å². The van der Waals surface area contributed by atoms with E-state index in [1.165, 1.54) is 6.07 Å². The molecule has 0 spiro atoms. The van der Waals surface area contributed by atoms with Crippen LogP contribution in [0.25, 0.3) is 11.0 Å². The van der Waals surface area contributed by atoms with Crippen molar-refractivity contribution in [1.29, 1.82) is 0 Å². The fourth-order valence-electron chi connectivity index (χ4n) is 2.93. The van der Waals surface area contributed by atoms with Crippen LogP contribution in [0, 0.1) is 5.82 Å². The van der Waals surface area contributed by atoms with Gasteiger partial charge in [-0.25, -0.2) is 9.18 Å². The first-order valence-corrected chi connectivity index (χ1v) is 8.12. The molecule has 3 rings (SSSR count). The molecule has 0 fully saturated rings. The third kappa shape index (κ3) is 3.47. The Bertz CT molecular complexity index is 988. The van der Waals surface area contributed by atoms with Crippen LogP contribution >= 0.6 is 0 Å². The van der Waals surface area contributed by atoms with Gasteiger partial charge in [0.2, 0.25) is 5.91 Å². The molecule has 3 aromatic rings. The summed E-state index contributed by atoms with van der Waals surface area (Å²) in [7, 11) is 3.48. The number of rotatable bonds is 5. The molecule has 0 saturated heterocycles. The van der Waals surface area contributed by atoms with Crippen molar-refractivity contribution in [3.63, 3.8) is 0 Å². The predicted octanol–water partition coefficient (Wildman–Crippen LogP) is 1.92. The Morgan fingerprint density at radius 2 is 1.80 bits per heavy atom. The summed E-state index contributed by atoms with van der Waals surface area (Å²) in [5.74, 6) is -0.577. The predicted molar refractivity (Wildman–Crippen MR) is 95.0 cm³/mol. The van der Waals surface area contributed by atoms with Crippen molar-refractivity contribution in [3.8, 4) is 0 Å². The average molecular weight is 341 g/mol. The summed E-state index contributed by atoms with van der Waals surface area (Å²) in [5, 5.41) is 2.81. The van der Waals surface area contributed by atoms with Crippen LogP contribution in [0.1, 0.15) is 11.1 Å². The molecule has 0 radical (unpaired) electrons. The zero-order valence-corrected chi connectivity index (χ0v) is 14.3. The Morgan fingerprint density at radius 3 is 2.56 bits per heavy atom. The number of hydrogen-bond acceptors (Lipinski definition) is 2. The van der Waals surface area contributed by atoms with Gasteiger partial charge in [-0.15, -0.1) is 0 Å². The number of carbonyl (C=O) groups excluding carboxylic acids is 1. The Morgan fingerprint density at radius 1 is 1.08 bits per heavy atom. The van der Waals surface area contributed by atoms with Crippen LogP contribution < -0.4 is 11.0 Å². The Hall–Kier alpha value is -2.89. The SMILES string of the molecule is Cn1c(=O)n(C)c2cc(CCNC(=O)Cc3ccccc3F)ccc21. The topological polar surface area (TPSA) is 56.0 Å². The maximum absolute atomic E-state index is 13.5. The zero-order valence-electron chi connectivity index (χ0n) is 14.3. The maximum atomic E-state index is 13.5. The second-order valence-electron chi connectivity index (χ2n) is 6.09. The van der Waals surface area contributed by atoms with Gasteiger partial charge in [0.05, 0.1) is 17.5 Å². The first-order valence-electron chi connectivity index (χ1n) is 8.12. The minimum absolute atomic E-state index is 0.0267. The van der Waals surface area contributed by atoms with Crippen LogP contribution in [0.4, 0.5) is 4.39 Å². The molecule has 0 saturated carbocycles. The maximum Gasteiger partial charge on any atom is 0.328 e. The van der Waals surface area contributed by atoms with Gasteiger partial charge >= 0.3 is 5.69 Å². The van der Waals surface area contributed by atoms with Crippen LogP contribution in [-0.4, -0.2) is 21.6 Å². The Kier molecular flexibility index (Phi) is 4.70. The number of carbonyl (C=O) groups is 1. The monoisotopic (exact) mass is 341 g/mol. The molecule has 0 bridgehead atoms. The van der Waals surface area contributed by atoms with E-state index in [0.717, 1.165) is 16.6 Å². The molecule has 1 aromatic heterocycles. The average Bonchev–Trinajstić information content (AvgIpc) is 2.81. The first-order chi connectivity index (χ1) is 12.0. The third-order valence-electron chi connectivity index (χ3n) is 4.38. The summed E-state index contributed by atoms with van der Waals surface area (Å²) in [4.78, 5) is 23.9. The molecule has 130 valence electrons. The molecule has 1 heterocycles. The summed E-state index contributed by atoms with van der Waals surface area (Å²) in [5.41, 5.74) is 3.09. The quantitative estimate of drug-likeness (QED) is 0.771. The van der Waals surface area contributed by atoms with E-state index in [4.69, 9.17) is 0 Å². The molecule has 25 heavy (non-hydrogen) atoms. The van der Waals surface area contributed by atoms with E-state index in [1.54, 1.807) is 41.4 Å². The largest absolute Gasteiger partial charge is 0.355 e. The van der Waals surface area contributed by atoms with Crippen LogP contribution in [0.2, 0.25) is 0 Å². The van der Waals surface area contributed by atoms with Gasteiger partial charge in [-0.1, -0.05) is 24.3 Å². The second kappa shape index (κ2) is 6.93. The molecule has 5 nitrogen and oxygen atoms in total. The summed E-state index contributed by atoms with van der Waals surface area (Å²) in [6.45, 7) is 0.458. The van der Waals surface area contributed by atoms with Crippen molar-refractivity contribution in [2.24, 2.45) is 14.1 Å². The number of aryl methyl sites for hydroxylation is 2. The number of benzene rings is 2. The number of nitrogens with zero attached hydrogens (tertiary/aromatic N) is 2. The van der Waals surface area contributed by atoms with Gasteiger partial charge in [0.1, 0.15) is 5.82 Å². The smallest absolute Gasteiger partial charge is 0.328 e. The van der Waals surface area contributed by atoms with Crippen LogP contribution in [-0.2, 0) is 31.7 Å². The normalized spacial score (nSPS) is 11.0. The number of halogens is 1. The lowest BCUT2D eigenvalue weighted by Gasteiger charge is -2.07. The molecule has 0 aliphatic heterocycles. The van der Waals surface area contributed by atoms with Crippen LogP contribution in [0.3, 0.4) is 0 Å². The molecule has 2 aromatic carbocycles. The molecule has 1 N–H and O–H groups in total. The summed E-state index contributed by atoms with van der Waals surface area (Å²) < 4.78 is 16.8. The van der Waals surface area contributed by atoms with Gasteiger partial charge < -0.3 is 5.32 Å². The zero-order chi connectivity index (χ0) is 18.0. The summed E-state index contributed by atoms with van der Waals surface area (Å²) in [6, 6.07) is 12.1. The van der Waals surface area contributed by atoms with Crippen molar-refractivity contribution in [2.75, 3.05) is 6.54 Å². The van der Waals surface area contributed by atoms with Crippen molar-refractivity contribution >= 4 is 16.9 Å². The minimum atomic E-state index is -0.368.